The Kier molecular flexibility index (Phi) is 3.64. The zero-order chi connectivity index (χ0) is 21.4. The van der Waals surface area contributed by atoms with Crippen LogP contribution in [0.2, 0.25) is 0 Å². The first-order chi connectivity index (χ1) is 13.9. The third kappa shape index (κ3) is 2.22. The van der Waals surface area contributed by atoms with Crippen LogP contribution in [0.25, 0.3) is 0 Å². The summed E-state index contributed by atoms with van der Waals surface area (Å²) in [6.45, 7) is 10.3. The lowest BCUT2D eigenvalue weighted by Crippen LogP contribution is -2.65. The van der Waals surface area contributed by atoms with Gasteiger partial charge in [-0.25, -0.2) is 0 Å². The van der Waals surface area contributed by atoms with Crippen LogP contribution in [-0.4, -0.2) is 28.6 Å². The number of aliphatic hydroxyl groups is 1. The molecule has 6 saturated carbocycles. The number of ether oxygens (including phenoxy) is 1. The Hall–Kier alpha value is -0.900. The summed E-state index contributed by atoms with van der Waals surface area (Å²) in [4.78, 5) is 25.5. The van der Waals surface area contributed by atoms with Crippen LogP contribution in [0.1, 0.15) is 79.6 Å². The summed E-state index contributed by atoms with van der Waals surface area (Å²) in [5.74, 6) is 3.99. The molecule has 0 aliphatic heterocycles. The molecule has 4 heteroatoms. The molecule has 0 bridgehead atoms. The molecule has 6 fully saturated rings. The number of rotatable bonds is 1. The average Bonchev–Trinajstić information content (AvgIpc) is 3.55. The molecular formula is C26H38O4. The van der Waals surface area contributed by atoms with Crippen molar-refractivity contribution in [1.29, 1.82) is 0 Å². The van der Waals surface area contributed by atoms with Crippen molar-refractivity contribution >= 4 is 11.8 Å². The topological polar surface area (TPSA) is 63.6 Å². The predicted octanol–water partition coefficient (Wildman–Crippen LogP) is 4.38. The fraction of sp³-hybridized carbons (Fsp3) is 0.923. The molecule has 0 aromatic rings. The van der Waals surface area contributed by atoms with Crippen LogP contribution in [0.4, 0.5) is 0 Å². The molecular weight excluding hydrogens is 376 g/mol. The van der Waals surface area contributed by atoms with Crippen molar-refractivity contribution in [3.05, 3.63) is 0 Å². The van der Waals surface area contributed by atoms with E-state index in [-0.39, 0.29) is 22.9 Å². The lowest BCUT2D eigenvalue weighted by atomic mass is 9.43. The fourth-order valence-electron chi connectivity index (χ4n) is 9.24. The van der Waals surface area contributed by atoms with Crippen molar-refractivity contribution in [1.82, 2.24) is 0 Å². The van der Waals surface area contributed by atoms with E-state index in [1.807, 2.05) is 20.8 Å². The Morgan fingerprint density at radius 3 is 2.50 bits per heavy atom. The van der Waals surface area contributed by atoms with Gasteiger partial charge in [-0.15, -0.1) is 0 Å². The number of ketones is 1. The molecule has 0 spiro atoms. The van der Waals surface area contributed by atoms with E-state index >= 15 is 0 Å². The number of hydrogen-bond donors (Lipinski definition) is 1. The highest BCUT2D eigenvalue weighted by molar-refractivity contribution is 5.92. The SMILES string of the molecule is CC(C)(C)C(=O)O[C@H]1CC[C@]2(C)C3CC[C@]4(C)C(=O)[C@H]5C[C@H]5C4[C@@H]3[C@H]3C[C@H]3[C@]2(O)C1. The van der Waals surface area contributed by atoms with E-state index in [4.69, 9.17) is 4.74 Å². The minimum atomic E-state index is -0.723. The summed E-state index contributed by atoms with van der Waals surface area (Å²) >= 11 is 0. The Morgan fingerprint density at radius 2 is 1.80 bits per heavy atom. The first-order valence-electron chi connectivity index (χ1n) is 12.4. The third-order valence-corrected chi connectivity index (χ3v) is 11.0. The Bertz CT molecular complexity index is 827. The Labute approximate surface area is 180 Å². The van der Waals surface area contributed by atoms with Crippen LogP contribution in [0, 0.1) is 57.7 Å². The monoisotopic (exact) mass is 414 g/mol. The highest BCUT2D eigenvalue weighted by Crippen LogP contribution is 2.79. The minimum Gasteiger partial charge on any atom is -0.462 e. The maximum atomic E-state index is 13.1. The summed E-state index contributed by atoms with van der Waals surface area (Å²) in [5, 5.41) is 12.2. The molecule has 2 unspecified atom stereocenters. The van der Waals surface area contributed by atoms with Gasteiger partial charge >= 0.3 is 5.97 Å². The minimum absolute atomic E-state index is 0.0901. The first-order valence-corrected chi connectivity index (χ1v) is 12.4. The molecule has 4 nitrogen and oxygen atoms in total. The van der Waals surface area contributed by atoms with Gasteiger partial charge in [0.2, 0.25) is 0 Å². The zero-order valence-electron chi connectivity index (χ0n) is 19.2. The second-order valence-electron chi connectivity index (χ2n) is 13.4. The van der Waals surface area contributed by atoms with E-state index < -0.39 is 11.0 Å². The summed E-state index contributed by atoms with van der Waals surface area (Å²) in [6.07, 6.45) is 6.55. The average molecular weight is 415 g/mol. The maximum absolute atomic E-state index is 13.1. The fourth-order valence-corrected chi connectivity index (χ4v) is 9.24. The second-order valence-corrected chi connectivity index (χ2v) is 13.4. The summed E-state index contributed by atoms with van der Waals surface area (Å²) in [5.41, 5.74) is -1.43. The van der Waals surface area contributed by atoms with Gasteiger partial charge in [0, 0.05) is 17.8 Å². The molecule has 6 rings (SSSR count). The number of carbonyl (C=O) groups excluding carboxylic acids is 2. The van der Waals surface area contributed by atoms with Crippen molar-refractivity contribution in [3.8, 4) is 0 Å². The molecule has 1 N–H and O–H groups in total. The smallest absolute Gasteiger partial charge is 0.311 e. The van der Waals surface area contributed by atoms with Gasteiger partial charge in [0.1, 0.15) is 11.9 Å². The molecule has 0 amide bonds. The van der Waals surface area contributed by atoms with Crippen molar-refractivity contribution in [2.75, 3.05) is 0 Å². The van der Waals surface area contributed by atoms with E-state index in [0.717, 1.165) is 38.5 Å². The van der Waals surface area contributed by atoms with Gasteiger partial charge in [-0.05, 0) is 100 Å². The number of Topliss-reactive ketones (excluding diaryl/α,β-unsaturated/α-hetero) is 1. The summed E-state index contributed by atoms with van der Waals surface area (Å²) in [6, 6.07) is 0. The lowest BCUT2D eigenvalue weighted by Gasteiger charge is -2.63. The highest BCUT2D eigenvalue weighted by atomic mass is 16.5. The van der Waals surface area contributed by atoms with Crippen LogP contribution in [0.15, 0.2) is 0 Å². The predicted molar refractivity (Wildman–Crippen MR) is 112 cm³/mol. The largest absolute Gasteiger partial charge is 0.462 e. The number of carbonyl (C=O) groups is 2. The van der Waals surface area contributed by atoms with E-state index in [1.165, 1.54) is 0 Å². The molecule has 166 valence electrons. The van der Waals surface area contributed by atoms with Gasteiger partial charge in [-0.2, -0.15) is 0 Å². The van der Waals surface area contributed by atoms with Crippen molar-refractivity contribution in [2.45, 2.75) is 91.3 Å². The molecule has 11 atom stereocenters. The molecule has 6 aliphatic carbocycles. The van der Waals surface area contributed by atoms with Crippen LogP contribution in [0.5, 0.6) is 0 Å². The number of esters is 1. The van der Waals surface area contributed by atoms with Gasteiger partial charge in [-0.1, -0.05) is 13.8 Å². The lowest BCUT2D eigenvalue weighted by molar-refractivity contribution is -0.230. The van der Waals surface area contributed by atoms with E-state index in [2.05, 4.69) is 13.8 Å². The standard InChI is InChI=1S/C26H38O4/c1-23(2,3)22(28)30-13-6-9-25(5)17-7-8-24(4)20(14-10-15(14)21(24)27)19(17)16-11-18(16)26(25,29)12-13/h13-20,29H,6-12H2,1-5H3/t13-,14+,15-,16-,17?,18+,19+,20?,24-,25+,26+/m0/s1. The molecule has 30 heavy (non-hydrogen) atoms. The molecule has 0 radical (unpaired) electrons. The van der Waals surface area contributed by atoms with Crippen molar-refractivity contribution in [3.63, 3.8) is 0 Å². The van der Waals surface area contributed by atoms with Crippen molar-refractivity contribution < 1.29 is 19.4 Å². The Balaban J connectivity index is 1.30. The normalized spacial score (nSPS) is 58.0. The van der Waals surface area contributed by atoms with E-state index in [1.54, 1.807) is 0 Å². The number of hydrogen-bond acceptors (Lipinski definition) is 4. The van der Waals surface area contributed by atoms with Crippen LogP contribution >= 0.6 is 0 Å². The van der Waals surface area contributed by atoms with Gasteiger partial charge in [0.05, 0.1) is 11.0 Å². The van der Waals surface area contributed by atoms with E-state index in [0.29, 0.717) is 53.6 Å². The molecule has 0 aromatic carbocycles. The quantitative estimate of drug-likeness (QED) is 0.647. The van der Waals surface area contributed by atoms with Gasteiger partial charge in [0.25, 0.3) is 0 Å². The number of fused-ring (bicyclic) bond motifs is 10. The van der Waals surface area contributed by atoms with Crippen LogP contribution < -0.4 is 0 Å². The van der Waals surface area contributed by atoms with Gasteiger partial charge < -0.3 is 9.84 Å². The zero-order valence-corrected chi connectivity index (χ0v) is 19.2. The van der Waals surface area contributed by atoms with Gasteiger partial charge in [-0.3, -0.25) is 9.59 Å². The molecule has 6 aliphatic rings. The molecule has 0 aromatic heterocycles. The second kappa shape index (κ2) is 5.53. The molecule has 0 saturated heterocycles. The van der Waals surface area contributed by atoms with Crippen LogP contribution in [0.3, 0.4) is 0 Å². The van der Waals surface area contributed by atoms with Crippen molar-refractivity contribution in [2.24, 2.45) is 57.7 Å². The van der Waals surface area contributed by atoms with E-state index in [9.17, 15) is 14.7 Å². The summed E-state index contributed by atoms with van der Waals surface area (Å²) in [7, 11) is 0. The first kappa shape index (κ1) is 19.8. The summed E-state index contributed by atoms with van der Waals surface area (Å²) < 4.78 is 5.90. The van der Waals surface area contributed by atoms with Crippen LogP contribution in [-0.2, 0) is 14.3 Å². The highest BCUT2D eigenvalue weighted by Gasteiger charge is 2.78. The molecule has 0 heterocycles. The Morgan fingerprint density at radius 1 is 1.07 bits per heavy atom. The maximum Gasteiger partial charge on any atom is 0.311 e. The third-order valence-electron chi connectivity index (χ3n) is 11.0. The van der Waals surface area contributed by atoms with Gasteiger partial charge in [0.15, 0.2) is 0 Å².